The maximum atomic E-state index is 11.4. The molecular formula is C14H19NO2. The summed E-state index contributed by atoms with van der Waals surface area (Å²) in [4.78, 5) is 15.6. The number of nitrogens with zero attached hydrogens (tertiary/aromatic N) is 1. The molecule has 0 aromatic carbocycles. The maximum absolute atomic E-state index is 11.4. The lowest BCUT2D eigenvalue weighted by Gasteiger charge is -2.11. The highest BCUT2D eigenvalue weighted by atomic mass is 16.4. The van der Waals surface area contributed by atoms with Gasteiger partial charge in [0.05, 0.1) is 5.41 Å². The smallest absolute Gasteiger partial charge is 0.310 e. The topological polar surface area (TPSA) is 50.2 Å². The summed E-state index contributed by atoms with van der Waals surface area (Å²) in [5.41, 5.74) is 1.68. The summed E-state index contributed by atoms with van der Waals surface area (Å²) >= 11 is 0. The zero-order chi connectivity index (χ0) is 12.5. The van der Waals surface area contributed by atoms with E-state index < -0.39 is 11.4 Å². The summed E-state index contributed by atoms with van der Waals surface area (Å²) in [6.45, 7) is 4.09. The van der Waals surface area contributed by atoms with Gasteiger partial charge in [0.25, 0.3) is 0 Å². The zero-order valence-electron chi connectivity index (χ0n) is 10.4. The summed E-state index contributed by atoms with van der Waals surface area (Å²) in [6, 6.07) is 2.06. The first-order chi connectivity index (χ1) is 8.10. The van der Waals surface area contributed by atoms with E-state index in [0.29, 0.717) is 0 Å². The van der Waals surface area contributed by atoms with Crippen molar-refractivity contribution >= 4 is 5.97 Å². The second kappa shape index (κ2) is 4.47. The molecule has 1 aromatic heterocycles. The van der Waals surface area contributed by atoms with Crippen LogP contribution in [0.5, 0.6) is 0 Å². The fourth-order valence-electron chi connectivity index (χ4n) is 2.62. The Hall–Kier alpha value is -1.38. The predicted molar refractivity (Wildman–Crippen MR) is 65.9 cm³/mol. The molecule has 17 heavy (non-hydrogen) atoms. The van der Waals surface area contributed by atoms with Gasteiger partial charge in [0.15, 0.2) is 0 Å². The van der Waals surface area contributed by atoms with Crippen molar-refractivity contribution in [2.75, 3.05) is 0 Å². The van der Waals surface area contributed by atoms with E-state index in [1.807, 2.05) is 13.1 Å². The molecule has 0 spiro atoms. The van der Waals surface area contributed by atoms with Crippen LogP contribution >= 0.6 is 0 Å². The number of aliphatic carboxylic acids is 1. The molecule has 3 heteroatoms. The lowest BCUT2D eigenvalue weighted by atomic mass is 9.93. The van der Waals surface area contributed by atoms with Crippen LogP contribution in [0.1, 0.15) is 49.7 Å². The number of pyridine rings is 1. The Labute approximate surface area is 102 Å². The minimum Gasteiger partial charge on any atom is -0.481 e. The van der Waals surface area contributed by atoms with Crippen molar-refractivity contribution in [1.29, 1.82) is 0 Å². The van der Waals surface area contributed by atoms with Gasteiger partial charge in [-0.3, -0.25) is 9.78 Å². The molecule has 0 radical (unpaired) electrons. The molecule has 3 nitrogen and oxygen atoms in total. The molecule has 1 aliphatic rings. The van der Waals surface area contributed by atoms with E-state index in [4.69, 9.17) is 0 Å². The fraction of sp³-hybridized carbons (Fsp3) is 0.571. The predicted octanol–water partition coefficient (Wildman–Crippen LogP) is 3.14. The van der Waals surface area contributed by atoms with E-state index in [-0.39, 0.29) is 5.92 Å². The van der Waals surface area contributed by atoms with Gasteiger partial charge in [-0.2, -0.15) is 0 Å². The first-order valence-corrected chi connectivity index (χ1v) is 6.25. The van der Waals surface area contributed by atoms with Gasteiger partial charge in [0.1, 0.15) is 0 Å². The van der Waals surface area contributed by atoms with Crippen molar-refractivity contribution in [3.8, 4) is 0 Å². The quantitative estimate of drug-likeness (QED) is 0.850. The number of hydrogen-bond acceptors (Lipinski definition) is 2. The van der Waals surface area contributed by atoms with Crippen molar-refractivity contribution in [3.05, 3.63) is 29.6 Å². The maximum Gasteiger partial charge on any atom is 0.310 e. The van der Waals surface area contributed by atoms with Crippen LogP contribution in [0, 0.1) is 12.3 Å². The van der Waals surface area contributed by atoms with E-state index in [0.717, 1.165) is 36.8 Å². The Morgan fingerprint density at radius 1 is 1.59 bits per heavy atom. The van der Waals surface area contributed by atoms with Gasteiger partial charge in [-0.1, -0.05) is 25.8 Å². The van der Waals surface area contributed by atoms with Gasteiger partial charge in [-0.15, -0.1) is 0 Å². The summed E-state index contributed by atoms with van der Waals surface area (Å²) < 4.78 is 0. The van der Waals surface area contributed by atoms with E-state index >= 15 is 0 Å². The number of aryl methyl sites for hydroxylation is 1. The second-order valence-corrected chi connectivity index (χ2v) is 5.12. The van der Waals surface area contributed by atoms with Crippen molar-refractivity contribution in [2.24, 2.45) is 5.41 Å². The number of carbonyl (C=O) groups is 1. The first kappa shape index (κ1) is 12.1. The third kappa shape index (κ3) is 2.19. The minimum atomic E-state index is -0.641. The van der Waals surface area contributed by atoms with E-state index in [1.54, 1.807) is 6.20 Å². The van der Waals surface area contributed by atoms with Crippen LogP contribution < -0.4 is 0 Å². The SMILES string of the molecule is CCCCC1(C(=O)O)CC1c1cncc(C)c1. The van der Waals surface area contributed by atoms with Gasteiger partial charge >= 0.3 is 5.97 Å². The third-order valence-corrected chi connectivity index (χ3v) is 3.78. The van der Waals surface area contributed by atoms with E-state index in [2.05, 4.69) is 18.0 Å². The van der Waals surface area contributed by atoms with Crippen LogP contribution in [0.15, 0.2) is 18.5 Å². The number of hydrogen-bond donors (Lipinski definition) is 1. The van der Waals surface area contributed by atoms with E-state index in [1.165, 1.54) is 0 Å². The third-order valence-electron chi connectivity index (χ3n) is 3.78. The van der Waals surface area contributed by atoms with E-state index in [9.17, 15) is 9.90 Å². The molecule has 1 aromatic rings. The average Bonchev–Trinajstić information content (AvgIpc) is 3.02. The van der Waals surface area contributed by atoms with Gasteiger partial charge in [-0.05, 0) is 30.9 Å². The van der Waals surface area contributed by atoms with Crippen LogP contribution in [-0.4, -0.2) is 16.1 Å². The van der Waals surface area contributed by atoms with Gasteiger partial charge in [0.2, 0.25) is 0 Å². The normalized spacial score (nSPS) is 26.8. The van der Waals surface area contributed by atoms with Crippen LogP contribution in [0.3, 0.4) is 0 Å². The van der Waals surface area contributed by atoms with Gasteiger partial charge in [-0.25, -0.2) is 0 Å². The summed E-state index contributed by atoms with van der Waals surface area (Å²) in [5.74, 6) is -0.476. The fourth-order valence-corrected chi connectivity index (χ4v) is 2.62. The van der Waals surface area contributed by atoms with Crippen LogP contribution in [0.25, 0.3) is 0 Å². The molecule has 2 atom stereocenters. The molecule has 92 valence electrons. The lowest BCUT2D eigenvalue weighted by molar-refractivity contribution is -0.143. The number of unbranched alkanes of at least 4 members (excludes halogenated alkanes) is 1. The largest absolute Gasteiger partial charge is 0.481 e. The monoisotopic (exact) mass is 233 g/mol. The molecule has 1 N–H and O–H groups in total. The molecule has 1 heterocycles. The zero-order valence-corrected chi connectivity index (χ0v) is 10.4. The standard InChI is InChI=1S/C14H19NO2/c1-3-4-5-14(13(16)17)7-12(14)11-6-10(2)8-15-9-11/h6,8-9,12H,3-5,7H2,1-2H3,(H,16,17). The molecule has 0 aliphatic heterocycles. The Balaban J connectivity index is 2.17. The van der Waals surface area contributed by atoms with Crippen molar-refractivity contribution in [1.82, 2.24) is 4.98 Å². The van der Waals surface area contributed by atoms with Gasteiger partial charge < -0.3 is 5.11 Å². The second-order valence-electron chi connectivity index (χ2n) is 5.12. The molecule has 0 amide bonds. The minimum absolute atomic E-state index is 0.166. The number of aromatic nitrogens is 1. The highest BCUT2D eigenvalue weighted by molar-refractivity contribution is 5.80. The number of rotatable bonds is 5. The molecule has 1 fully saturated rings. The molecule has 2 rings (SSSR count). The highest BCUT2D eigenvalue weighted by Gasteiger charge is 2.60. The Kier molecular flexibility index (Phi) is 3.18. The van der Waals surface area contributed by atoms with Crippen molar-refractivity contribution in [3.63, 3.8) is 0 Å². The molecule has 0 bridgehead atoms. The highest BCUT2D eigenvalue weighted by Crippen LogP contribution is 2.62. The molecule has 2 unspecified atom stereocenters. The Morgan fingerprint density at radius 2 is 2.35 bits per heavy atom. The molecule has 1 saturated carbocycles. The lowest BCUT2D eigenvalue weighted by Crippen LogP contribution is -2.17. The summed E-state index contributed by atoms with van der Waals surface area (Å²) in [6.07, 6.45) is 7.22. The van der Waals surface area contributed by atoms with Crippen molar-refractivity contribution < 1.29 is 9.90 Å². The summed E-state index contributed by atoms with van der Waals surface area (Å²) in [5, 5.41) is 9.41. The average molecular weight is 233 g/mol. The van der Waals surface area contributed by atoms with Gasteiger partial charge in [0, 0.05) is 18.3 Å². The Morgan fingerprint density at radius 3 is 2.94 bits per heavy atom. The van der Waals surface area contributed by atoms with Crippen molar-refractivity contribution in [2.45, 2.75) is 45.4 Å². The molecular weight excluding hydrogens is 214 g/mol. The number of carboxylic acids is 1. The van der Waals surface area contributed by atoms with Crippen LogP contribution in [0.4, 0.5) is 0 Å². The molecule has 0 saturated heterocycles. The van der Waals surface area contributed by atoms with Crippen LogP contribution in [0.2, 0.25) is 0 Å². The van der Waals surface area contributed by atoms with Crippen LogP contribution in [-0.2, 0) is 4.79 Å². The molecule has 1 aliphatic carbocycles. The number of carboxylic acid groups (broad SMARTS) is 1. The Bertz CT molecular complexity index is 430. The summed E-state index contributed by atoms with van der Waals surface area (Å²) in [7, 11) is 0. The first-order valence-electron chi connectivity index (χ1n) is 6.25.